The van der Waals surface area contributed by atoms with Gasteiger partial charge < -0.3 is 15.4 Å². The first-order chi connectivity index (χ1) is 9.74. The number of carbonyl (C=O) groups excluding carboxylic acids is 1. The fourth-order valence-electron chi connectivity index (χ4n) is 2.31. The third-order valence-electron chi connectivity index (χ3n) is 3.52. The zero-order valence-electron chi connectivity index (χ0n) is 12.1. The highest BCUT2D eigenvalue weighted by Crippen LogP contribution is 2.49. The van der Waals surface area contributed by atoms with Crippen LogP contribution in [0.15, 0.2) is 24.3 Å². The van der Waals surface area contributed by atoms with E-state index in [0.29, 0.717) is 13.2 Å². The molecule has 0 bridgehead atoms. The molecule has 1 saturated carbocycles. The van der Waals surface area contributed by atoms with Gasteiger partial charge in [-0.3, -0.25) is 4.79 Å². The van der Waals surface area contributed by atoms with E-state index in [1.807, 2.05) is 24.3 Å². The second-order valence-corrected chi connectivity index (χ2v) is 5.41. The predicted molar refractivity (Wildman–Crippen MR) is 87.3 cm³/mol. The Balaban J connectivity index is 0.00000220. The van der Waals surface area contributed by atoms with Crippen LogP contribution in [0.1, 0.15) is 17.9 Å². The quantitative estimate of drug-likeness (QED) is 0.717. The summed E-state index contributed by atoms with van der Waals surface area (Å²) in [6.45, 7) is 2.90. The minimum atomic E-state index is 0. The summed E-state index contributed by atoms with van der Waals surface area (Å²) in [7, 11) is 1.67. The van der Waals surface area contributed by atoms with Gasteiger partial charge in [-0.25, -0.2) is 0 Å². The molecule has 2 N–H and O–H groups in total. The van der Waals surface area contributed by atoms with E-state index in [1.165, 1.54) is 0 Å². The molecule has 1 aliphatic carbocycles. The first-order valence-electron chi connectivity index (χ1n) is 6.96. The molecule has 1 fully saturated rings. The van der Waals surface area contributed by atoms with Gasteiger partial charge in [-0.15, -0.1) is 12.4 Å². The fourth-order valence-corrected chi connectivity index (χ4v) is 2.58. The lowest BCUT2D eigenvalue weighted by Crippen LogP contribution is -2.34. The lowest BCUT2D eigenvalue weighted by atomic mass is 10.1. The highest BCUT2D eigenvalue weighted by atomic mass is 35.5. The lowest BCUT2D eigenvalue weighted by Gasteiger charge is -2.07. The number of hydrogen-bond donors (Lipinski definition) is 2. The Labute approximate surface area is 137 Å². The Morgan fingerprint density at radius 3 is 2.81 bits per heavy atom. The van der Waals surface area contributed by atoms with Crippen molar-refractivity contribution < 1.29 is 9.53 Å². The van der Waals surface area contributed by atoms with Gasteiger partial charge >= 0.3 is 0 Å². The second kappa shape index (κ2) is 9.26. The van der Waals surface area contributed by atoms with Crippen LogP contribution in [0.2, 0.25) is 5.02 Å². The minimum absolute atomic E-state index is 0. The van der Waals surface area contributed by atoms with Crippen LogP contribution in [-0.2, 0) is 9.53 Å². The van der Waals surface area contributed by atoms with Crippen LogP contribution >= 0.6 is 24.0 Å². The maximum absolute atomic E-state index is 12.0. The standard InChI is InChI=1S/C15H21ClN2O2.ClH/c1-20-9-8-17-6-7-18-15(19)13-10-12(13)11-4-2-3-5-14(11)16;/h2-5,12-13,17H,6-10H2,1H3,(H,18,19);1H. The maximum Gasteiger partial charge on any atom is 0.223 e. The van der Waals surface area contributed by atoms with E-state index in [1.54, 1.807) is 7.11 Å². The lowest BCUT2D eigenvalue weighted by molar-refractivity contribution is -0.122. The van der Waals surface area contributed by atoms with Crippen molar-refractivity contribution in [2.75, 3.05) is 33.4 Å². The van der Waals surface area contributed by atoms with Crippen molar-refractivity contribution in [3.63, 3.8) is 0 Å². The monoisotopic (exact) mass is 332 g/mol. The van der Waals surface area contributed by atoms with Gasteiger partial charge in [-0.05, 0) is 24.0 Å². The molecule has 1 aromatic carbocycles. The normalized spacial score (nSPS) is 19.7. The van der Waals surface area contributed by atoms with Gasteiger partial charge in [0.1, 0.15) is 0 Å². The van der Waals surface area contributed by atoms with Gasteiger partial charge in [-0.1, -0.05) is 29.8 Å². The maximum atomic E-state index is 12.0. The number of methoxy groups -OCH3 is 1. The molecular formula is C15H22Cl2N2O2. The summed E-state index contributed by atoms with van der Waals surface area (Å²) >= 11 is 6.15. The Kier molecular flexibility index (Phi) is 8.04. The smallest absolute Gasteiger partial charge is 0.223 e. The predicted octanol–water partition coefficient (Wildman–Crippen LogP) is 2.22. The van der Waals surface area contributed by atoms with Crippen molar-refractivity contribution in [2.45, 2.75) is 12.3 Å². The number of amides is 1. The van der Waals surface area contributed by atoms with Crippen molar-refractivity contribution in [2.24, 2.45) is 5.92 Å². The number of hydrogen-bond acceptors (Lipinski definition) is 3. The highest BCUT2D eigenvalue weighted by Gasteiger charge is 2.44. The van der Waals surface area contributed by atoms with Crippen molar-refractivity contribution in [3.05, 3.63) is 34.9 Å². The number of carbonyl (C=O) groups is 1. The van der Waals surface area contributed by atoms with Crippen molar-refractivity contribution in [1.82, 2.24) is 10.6 Å². The molecule has 0 saturated heterocycles. The van der Waals surface area contributed by atoms with E-state index < -0.39 is 0 Å². The molecule has 0 aliphatic heterocycles. The second-order valence-electron chi connectivity index (χ2n) is 5.00. The van der Waals surface area contributed by atoms with Crippen LogP contribution in [0.25, 0.3) is 0 Å². The molecule has 0 radical (unpaired) electrons. The van der Waals surface area contributed by atoms with E-state index in [4.69, 9.17) is 16.3 Å². The molecule has 118 valence electrons. The molecule has 1 aromatic rings. The number of benzene rings is 1. The molecule has 0 spiro atoms. The average Bonchev–Trinajstić information content (AvgIpc) is 3.23. The Morgan fingerprint density at radius 1 is 1.33 bits per heavy atom. The van der Waals surface area contributed by atoms with E-state index in [2.05, 4.69) is 10.6 Å². The van der Waals surface area contributed by atoms with Crippen LogP contribution in [0.5, 0.6) is 0 Å². The Morgan fingerprint density at radius 2 is 2.10 bits per heavy atom. The third-order valence-corrected chi connectivity index (χ3v) is 3.86. The Hall–Kier alpha value is -0.810. The molecule has 6 heteroatoms. The van der Waals surface area contributed by atoms with Gasteiger partial charge in [0.2, 0.25) is 5.91 Å². The molecule has 1 amide bonds. The zero-order chi connectivity index (χ0) is 14.4. The molecule has 4 nitrogen and oxygen atoms in total. The summed E-state index contributed by atoms with van der Waals surface area (Å²) in [6, 6.07) is 7.76. The molecule has 1 aliphatic rings. The first kappa shape index (κ1) is 18.2. The van der Waals surface area contributed by atoms with Crippen molar-refractivity contribution >= 4 is 29.9 Å². The summed E-state index contributed by atoms with van der Waals surface area (Å²) in [5, 5.41) is 6.91. The summed E-state index contributed by atoms with van der Waals surface area (Å²) < 4.78 is 4.93. The first-order valence-corrected chi connectivity index (χ1v) is 7.33. The molecular weight excluding hydrogens is 311 g/mol. The number of halogens is 2. The molecule has 0 heterocycles. The van der Waals surface area contributed by atoms with Gasteiger partial charge in [0.15, 0.2) is 0 Å². The van der Waals surface area contributed by atoms with E-state index in [-0.39, 0.29) is 30.2 Å². The SMILES string of the molecule is COCCNCCNC(=O)C1CC1c1ccccc1Cl.Cl. The minimum Gasteiger partial charge on any atom is -0.383 e. The van der Waals surface area contributed by atoms with Crippen LogP contribution in [0, 0.1) is 5.92 Å². The largest absolute Gasteiger partial charge is 0.383 e. The average molecular weight is 333 g/mol. The zero-order valence-corrected chi connectivity index (χ0v) is 13.7. The van der Waals surface area contributed by atoms with Crippen LogP contribution < -0.4 is 10.6 Å². The van der Waals surface area contributed by atoms with Gasteiger partial charge in [-0.2, -0.15) is 0 Å². The van der Waals surface area contributed by atoms with Crippen LogP contribution in [0.4, 0.5) is 0 Å². The topological polar surface area (TPSA) is 50.4 Å². The van der Waals surface area contributed by atoms with Crippen LogP contribution in [-0.4, -0.2) is 39.3 Å². The fraction of sp³-hybridized carbons (Fsp3) is 0.533. The number of nitrogens with one attached hydrogen (secondary N) is 2. The molecule has 2 unspecified atom stereocenters. The molecule has 21 heavy (non-hydrogen) atoms. The summed E-state index contributed by atoms with van der Waals surface area (Å²) in [4.78, 5) is 12.0. The Bertz CT molecular complexity index is 457. The molecule has 2 rings (SSSR count). The summed E-state index contributed by atoms with van der Waals surface area (Å²) in [5.41, 5.74) is 1.09. The van der Waals surface area contributed by atoms with Gasteiger partial charge in [0.25, 0.3) is 0 Å². The summed E-state index contributed by atoms with van der Waals surface area (Å²) in [5.74, 6) is 0.488. The third kappa shape index (κ3) is 5.47. The highest BCUT2D eigenvalue weighted by molar-refractivity contribution is 6.31. The van der Waals surface area contributed by atoms with Crippen LogP contribution in [0.3, 0.4) is 0 Å². The summed E-state index contributed by atoms with van der Waals surface area (Å²) in [6.07, 6.45) is 0.896. The van der Waals surface area contributed by atoms with Crippen molar-refractivity contribution in [3.8, 4) is 0 Å². The molecule has 0 aromatic heterocycles. The van der Waals surface area contributed by atoms with E-state index >= 15 is 0 Å². The van der Waals surface area contributed by atoms with Gasteiger partial charge in [0.05, 0.1) is 6.61 Å². The number of ether oxygens (including phenoxy) is 1. The molecule has 2 atom stereocenters. The van der Waals surface area contributed by atoms with Crippen molar-refractivity contribution in [1.29, 1.82) is 0 Å². The van der Waals surface area contributed by atoms with Gasteiger partial charge in [0, 0.05) is 37.7 Å². The van der Waals surface area contributed by atoms with E-state index in [9.17, 15) is 4.79 Å². The van der Waals surface area contributed by atoms with E-state index in [0.717, 1.165) is 30.1 Å². The number of rotatable bonds is 8.